The van der Waals surface area contributed by atoms with Gasteiger partial charge in [-0.3, -0.25) is 9.69 Å². The maximum Gasteiger partial charge on any atom is 0.222 e. The Bertz CT molecular complexity index is 834. The van der Waals surface area contributed by atoms with Crippen LogP contribution in [0, 0.1) is 6.92 Å². The maximum absolute atomic E-state index is 13.0. The number of nitrogens with zero attached hydrogens (tertiary/aromatic N) is 3. The molecule has 0 spiro atoms. The van der Waals surface area contributed by atoms with E-state index in [1.807, 2.05) is 6.07 Å². The van der Waals surface area contributed by atoms with Crippen LogP contribution in [0.3, 0.4) is 0 Å². The van der Waals surface area contributed by atoms with E-state index in [1.54, 1.807) is 6.33 Å². The van der Waals surface area contributed by atoms with Crippen LogP contribution in [0.4, 0.5) is 0 Å². The average Bonchev–Trinajstić information content (AvgIpc) is 3.16. The lowest BCUT2D eigenvalue weighted by atomic mass is 9.95. The highest BCUT2D eigenvalue weighted by atomic mass is 16.5. The van der Waals surface area contributed by atoms with Gasteiger partial charge < -0.3 is 14.6 Å². The lowest BCUT2D eigenvalue weighted by molar-refractivity contribution is -0.135. The molecule has 0 radical (unpaired) electrons. The number of carbonyl (C=O) groups excluding carboxylic acids is 1. The molecule has 1 saturated heterocycles. The molecule has 1 amide bonds. The number of rotatable bonds is 2. The average molecular weight is 411 g/mol. The van der Waals surface area contributed by atoms with E-state index in [9.17, 15) is 4.79 Å². The number of hydrogen-bond acceptors (Lipinski definition) is 4. The minimum Gasteiger partial charge on any atom is -0.492 e. The molecule has 1 aromatic carbocycles. The molecule has 30 heavy (non-hydrogen) atoms. The lowest BCUT2D eigenvalue weighted by Crippen LogP contribution is -2.44. The smallest absolute Gasteiger partial charge is 0.222 e. The van der Waals surface area contributed by atoms with Crippen molar-refractivity contribution in [2.24, 2.45) is 0 Å². The van der Waals surface area contributed by atoms with Crippen LogP contribution in [0.2, 0.25) is 0 Å². The third-order valence-corrected chi connectivity index (χ3v) is 6.46. The summed E-state index contributed by atoms with van der Waals surface area (Å²) in [5.41, 5.74) is 3.47. The molecule has 2 aliphatic heterocycles. The Labute approximate surface area is 179 Å². The summed E-state index contributed by atoms with van der Waals surface area (Å²) in [6, 6.07) is 8.84. The summed E-state index contributed by atoms with van der Waals surface area (Å²) in [6.07, 6.45) is 8.79. The molecule has 1 N–H and O–H groups in total. The van der Waals surface area contributed by atoms with Crippen molar-refractivity contribution in [3.63, 3.8) is 0 Å². The summed E-state index contributed by atoms with van der Waals surface area (Å²) in [6.45, 7) is 6.08. The summed E-state index contributed by atoms with van der Waals surface area (Å²) in [7, 11) is 0. The molecule has 1 atom stereocenters. The van der Waals surface area contributed by atoms with Crippen molar-refractivity contribution < 1.29 is 9.53 Å². The first-order valence-corrected chi connectivity index (χ1v) is 11.4. The van der Waals surface area contributed by atoms with E-state index < -0.39 is 0 Å². The molecule has 1 aromatic heterocycles. The van der Waals surface area contributed by atoms with E-state index in [0.29, 0.717) is 25.0 Å². The Kier molecular flexibility index (Phi) is 7.05. The number of hydrogen-bond donors (Lipinski definition) is 1. The molecule has 162 valence electrons. The highest BCUT2D eigenvalue weighted by Gasteiger charge is 2.26. The van der Waals surface area contributed by atoms with Crippen molar-refractivity contribution >= 4 is 5.91 Å². The Balaban J connectivity index is 1.49. The summed E-state index contributed by atoms with van der Waals surface area (Å²) in [5, 5.41) is 0. The summed E-state index contributed by atoms with van der Waals surface area (Å²) in [4.78, 5) is 25.1. The first kappa shape index (κ1) is 20.9. The zero-order chi connectivity index (χ0) is 20.8. The van der Waals surface area contributed by atoms with Gasteiger partial charge in [0.2, 0.25) is 5.91 Å². The van der Waals surface area contributed by atoms with E-state index in [1.165, 1.54) is 12.0 Å². The molecule has 0 aliphatic carbocycles. The number of imidazole rings is 1. The number of benzene rings is 1. The van der Waals surface area contributed by atoms with Crippen molar-refractivity contribution in [2.75, 3.05) is 26.2 Å². The van der Waals surface area contributed by atoms with E-state index in [2.05, 4.69) is 44.9 Å². The molecular formula is C24H34N4O2. The Hall–Kier alpha value is -2.34. The van der Waals surface area contributed by atoms with Crippen LogP contribution in [0.5, 0.6) is 5.75 Å². The largest absolute Gasteiger partial charge is 0.492 e. The van der Waals surface area contributed by atoms with E-state index in [4.69, 9.17) is 4.74 Å². The fourth-order valence-electron chi connectivity index (χ4n) is 4.67. The van der Waals surface area contributed by atoms with Crippen LogP contribution >= 0.6 is 0 Å². The van der Waals surface area contributed by atoms with Gasteiger partial charge in [0.25, 0.3) is 0 Å². The molecule has 6 heteroatoms. The van der Waals surface area contributed by atoms with Gasteiger partial charge in [-0.1, -0.05) is 12.1 Å². The van der Waals surface area contributed by atoms with Crippen LogP contribution in [0.15, 0.2) is 30.6 Å². The number of ether oxygens (including phenoxy) is 1. The minimum atomic E-state index is 0.329. The van der Waals surface area contributed by atoms with Crippen molar-refractivity contribution in [2.45, 2.75) is 64.5 Å². The van der Waals surface area contributed by atoms with Gasteiger partial charge in [0.15, 0.2) is 0 Å². The first-order valence-electron chi connectivity index (χ1n) is 11.4. The monoisotopic (exact) mass is 410 g/mol. The third kappa shape index (κ3) is 5.42. The van der Waals surface area contributed by atoms with Gasteiger partial charge >= 0.3 is 0 Å². The maximum atomic E-state index is 13.0. The second-order valence-corrected chi connectivity index (χ2v) is 8.63. The van der Waals surface area contributed by atoms with E-state index in [0.717, 1.165) is 75.4 Å². The van der Waals surface area contributed by atoms with Gasteiger partial charge in [-0.2, -0.15) is 0 Å². The molecule has 4 rings (SSSR count). The normalized spacial score (nSPS) is 22.0. The van der Waals surface area contributed by atoms with Crippen molar-refractivity contribution in [1.29, 1.82) is 0 Å². The molecule has 0 saturated carbocycles. The summed E-state index contributed by atoms with van der Waals surface area (Å²) < 4.78 is 6.08. The fourth-order valence-corrected chi connectivity index (χ4v) is 4.67. The van der Waals surface area contributed by atoms with Gasteiger partial charge in [-0.25, -0.2) is 4.98 Å². The molecule has 2 aliphatic rings. The highest BCUT2D eigenvalue weighted by molar-refractivity contribution is 5.76. The van der Waals surface area contributed by atoms with Gasteiger partial charge in [-0.15, -0.1) is 0 Å². The number of nitrogens with one attached hydrogen (secondary N) is 1. The zero-order valence-electron chi connectivity index (χ0n) is 18.1. The summed E-state index contributed by atoms with van der Waals surface area (Å²) >= 11 is 0. The molecular weight excluding hydrogens is 376 g/mol. The zero-order valence-corrected chi connectivity index (χ0v) is 18.1. The van der Waals surface area contributed by atoms with Crippen LogP contribution in [0.25, 0.3) is 0 Å². The number of aryl methyl sites for hydroxylation is 2. The van der Waals surface area contributed by atoms with Crippen LogP contribution in [0.1, 0.15) is 55.5 Å². The van der Waals surface area contributed by atoms with Crippen LogP contribution < -0.4 is 4.74 Å². The van der Waals surface area contributed by atoms with Gasteiger partial charge in [0.05, 0.1) is 12.0 Å². The topological polar surface area (TPSA) is 61.5 Å². The standard InChI is InChI=1S/C24H34N4O2/c1-19-23(26-18-25-19)17-27-12-5-9-24(29)28-13-3-2-7-21(28)11-10-20-6-4-8-22(16-20)30-15-14-27/h4,6,8,16,18,21H,2-3,5,7,9-15,17H2,1H3,(H,25,26). The molecule has 6 nitrogen and oxygen atoms in total. The fraction of sp³-hybridized carbons (Fsp3) is 0.583. The van der Waals surface area contributed by atoms with Gasteiger partial charge in [0.1, 0.15) is 12.4 Å². The number of fused-ring (bicyclic) bond motifs is 3. The second kappa shape index (κ2) is 10.1. The molecule has 3 heterocycles. The molecule has 1 unspecified atom stereocenters. The van der Waals surface area contributed by atoms with Gasteiger partial charge in [0, 0.05) is 37.8 Å². The predicted octanol–water partition coefficient (Wildman–Crippen LogP) is 3.71. The number of aromatic nitrogens is 2. The predicted molar refractivity (Wildman–Crippen MR) is 117 cm³/mol. The van der Waals surface area contributed by atoms with Crippen molar-refractivity contribution in [1.82, 2.24) is 19.8 Å². The summed E-state index contributed by atoms with van der Waals surface area (Å²) in [5.74, 6) is 1.27. The number of piperidine rings is 1. The number of H-pyrrole nitrogens is 1. The van der Waals surface area contributed by atoms with E-state index >= 15 is 0 Å². The Morgan fingerprint density at radius 3 is 2.93 bits per heavy atom. The van der Waals surface area contributed by atoms with Gasteiger partial charge in [-0.05, 0) is 69.7 Å². The highest BCUT2D eigenvalue weighted by Crippen LogP contribution is 2.24. The quantitative estimate of drug-likeness (QED) is 0.820. The number of carbonyl (C=O) groups is 1. The Morgan fingerprint density at radius 2 is 2.07 bits per heavy atom. The Morgan fingerprint density at radius 1 is 1.13 bits per heavy atom. The molecule has 1 fully saturated rings. The SMILES string of the molecule is Cc1[nH]cnc1CN1CCCC(=O)N2CCCCC2CCc2cccc(c2)OCC1. The van der Waals surface area contributed by atoms with Crippen molar-refractivity contribution in [3.05, 3.63) is 47.5 Å². The van der Waals surface area contributed by atoms with Crippen LogP contribution in [-0.4, -0.2) is 58.0 Å². The molecule has 2 aromatic rings. The van der Waals surface area contributed by atoms with Crippen molar-refractivity contribution in [3.8, 4) is 5.75 Å². The number of amides is 1. The van der Waals surface area contributed by atoms with E-state index in [-0.39, 0.29) is 0 Å². The molecule has 2 bridgehead atoms. The second-order valence-electron chi connectivity index (χ2n) is 8.63. The third-order valence-electron chi connectivity index (χ3n) is 6.46. The first-order chi connectivity index (χ1) is 14.7. The van der Waals surface area contributed by atoms with Crippen LogP contribution in [-0.2, 0) is 17.8 Å². The number of aromatic amines is 1. The minimum absolute atomic E-state index is 0.329. The lowest BCUT2D eigenvalue weighted by Gasteiger charge is -2.36.